The van der Waals surface area contributed by atoms with E-state index in [0.717, 1.165) is 68.8 Å². The predicted octanol–water partition coefficient (Wildman–Crippen LogP) is 6.34. The molecule has 0 unspecified atom stereocenters. The Balaban J connectivity index is 1.32. The molecule has 0 N–H and O–H groups in total. The van der Waals surface area contributed by atoms with E-state index in [4.69, 9.17) is 16.1 Å². The summed E-state index contributed by atoms with van der Waals surface area (Å²) < 4.78 is 45.0. The molecule has 1 aliphatic carbocycles. The molecule has 1 aliphatic heterocycles. The number of hydrogen-bond donors (Lipinski definition) is 0. The van der Waals surface area contributed by atoms with Gasteiger partial charge >= 0.3 is 6.18 Å². The molecule has 0 saturated carbocycles. The molecule has 30 heavy (non-hydrogen) atoms. The molecule has 0 spiro atoms. The predicted molar refractivity (Wildman–Crippen MR) is 112 cm³/mol. The topological polar surface area (TPSA) is 29.3 Å². The third-order valence-corrected chi connectivity index (χ3v) is 6.43. The molecule has 0 atom stereocenters. The summed E-state index contributed by atoms with van der Waals surface area (Å²) in [4.78, 5) is 2.33. The van der Waals surface area contributed by atoms with Gasteiger partial charge in [0.25, 0.3) is 0 Å². The number of rotatable bonds is 5. The van der Waals surface area contributed by atoms with Gasteiger partial charge in [0.05, 0.1) is 16.3 Å². The van der Waals surface area contributed by atoms with Crippen LogP contribution in [-0.4, -0.2) is 29.7 Å². The fourth-order valence-corrected chi connectivity index (χ4v) is 4.64. The first-order chi connectivity index (χ1) is 14.4. The molecule has 3 nitrogen and oxygen atoms in total. The standard InChI is InChI=1S/C23H26ClF3N2O/c24-20-9-8-17(15-19(20)23(25,26)27)16-10-13-29(14-11-16)12-4-7-22-18-5-2-1-3-6-21(18)28-30-22/h8-10,15H,1-7,11-14H2. The largest absolute Gasteiger partial charge is 0.417 e. The molecule has 0 fully saturated rings. The highest BCUT2D eigenvalue weighted by molar-refractivity contribution is 6.31. The van der Waals surface area contributed by atoms with E-state index < -0.39 is 11.7 Å². The quantitative estimate of drug-likeness (QED) is 0.510. The van der Waals surface area contributed by atoms with Gasteiger partial charge in [-0.2, -0.15) is 13.2 Å². The minimum Gasteiger partial charge on any atom is -0.361 e. The van der Waals surface area contributed by atoms with E-state index in [-0.39, 0.29) is 5.02 Å². The number of halogens is 4. The van der Waals surface area contributed by atoms with Crippen molar-refractivity contribution in [3.8, 4) is 0 Å². The van der Waals surface area contributed by atoms with Crippen LogP contribution < -0.4 is 0 Å². The normalized spacial score (nSPS) is 18.1. The Bertz CT molecular complexity index is 920. The Morgan fingerprint density at radius 3 is 2.70 bits per heavy atom. The molecule has 1 aromatic heterocycles. The monoisotopic (exact) mass is 438 g/mol. The summed E-state index contributed by atoms with van der Waals surface area (Å²) in [5.41, 5.74) is 3.27. The minimum atomic E-state index is -4.44. The van der Waals surface area contributed by atoms with Gasteiger partial charge in [-0.05, 0) is 68.3 Å². The summed E-state index contributed by atoms with van der Waals surface area (Å²) >= 11 is 5.74. The van der Waals surface area contributed by atoms with Gasteiger partial charge in [0.15, 0.2) is 0 Å². The molecular formula is C23H26ClF3N2O. The van der Waals surface area contributed by atoms with Gasteiger partial charge in [-0.25, -0.2) is 0 Å². The van der Waals surface area contributed by atoms with Gasteiger partial charge in [0.1, 0.15) is 5.76 Å². The molecule has 162 valence electrons. The molecule has 2 heterocycles. The average molecular weight is 439 g/mol. The summed E-state index contributed by atoms with van der Waals surface area (Å²) in [7, 11) is 0. The van der Waals surface area contributed by atoms with Gasteiger partial charge in [-0.1, -0.05) is 35.3 Å². The number of aryl methyl sites for hydroxylation is 2. The van der Waals surface area contributed by atoms with Crippen molar-refractivity contribution in [2.24, 2.45) is 0 Å². The molecule has 2 aromatic rings. The molecule has 7 heteroatoms. The van der Waals surface area contributed by atoms with Crippen LogP contribution in [0, 0.1) is 0 Å². The van der Waals surface area contributed by atoms with Gasteiger partial charge in [0.2, 0.25) is 0 Å². The zero-order valence-corrected chi connectivity index (χ0v) is 17.7. The summed E-state index contributed by atoms with van der Waals surface area (Å²) in [6, 6.07) is 4.18. The smallest absolute Gasteiger partial charge is 0.361 e. The van der Waals surface area contributed by atoms with Crippen LogP contribution in [0.5, 0.6) is 0 Å². The summed E-state index contributed by atoms with van der Waals surface area (Å²) in [5, 5.41) is 4.01. The Hall–Kier alpha value is -1.79. The lowest BCUT2D eigenvalue weighted by atomic mass is 9.97. The van der Waals surface area contributed by atoms with Crippen LogP contribution in [0.1, 0.15) is 60.2 Å². The first-order valence-corrected chi connectivity index (χ1v) is 11.0. The maximum Gasteiger partial charge on any atom is 0.417 e. The van der Waals surface area contributed by atoms with Gasteiger partial charge in [0, 0.05) is 25.1 Å². The highest BCUT2D eigenvalue weighted by Gasteiger charge is 2.33. The first kappa shape index (κ1) is 21.4. The van der Waals surface area contributed by atoms with E-state index in [1.165, 1.54) is 37.0 Å². The van der Waals surface area contributed by atoms with E-state index in [9.17, 15) is 13.2 Å². The van der Waals surface area contributed by atoms with Crippen LogP contribution in [0.15, 0.2) is 28.8 Å². The van der Waals surface area contributed by atoms with Crippen molar-refractivity contribution >= 4 is 17.2 Å². The lowest BCUT2D eigenvalue weighted by molar-refractivity contribution is -0.137. The zero-order chi connectivity index (χ0) is 21.1. The highest BCUT2D eigenvalue weighted by atomic mass is 35.5. The average Bonchev–Trinajstić information content (AvgIpc) is 2.94. The summed E-state index contributed by atoms with van der Waals surface area (Å²) in [6.45, 7) is 2.52. The number of hydrogen-bond acceptors (Lipinski definition) is 3. The molecule has 2 aliphatic rings. The van der Waals surface area contributed by atoms with Crippen molar-refractivity contribution in [3.05, 3.63) is 57.4 Å². The van der Waals surface area contributed by atoms with Gasteiger partial charge in [-0.15, -0.1) is 0 Å². The zero-order valence-electron chi connectivity index (χ0n) is 16.9. The molecule has 0 amide bonds. The molecule has 0 radical (unpaired) electrons. The molecule has 1 aromatic carbocycles. The third kappa shape index (κ3) is 4.92. The summed E-state index contributed by atoms with van der Waals surface area (Å²) in [5.74, 6) is 1.04. The minimum absolute atomic E-state index is 0.255. The first-order valence-electron chi connectivity index (χ1n) is 10.7. The molecule has 0 saturated heterocycles. The maximum absolute atomic E-state index is 13.1. The number of alkyl halides is 3. The van der Waals surface area contributed by atoms with Gasteiger partial charge < -0.3 is 4.52 Å². The number of benzene rings is 1. The molecular weight excluding hydrogens is 413 g/mol. The van der Waals surface area contributed by atoms with E-state index in [1.807, 2.05) is 6.08 Å². The molecule has 4 rings (SSSR count). The Morgan fingerprint density at radius 2 is 1.93 bits per heavy atom. The number of aromatic nitrogens is 1. The van der Waals surface area contributed by atoms with Crippen molar-refractivity contribution in [3.63, 3.8) is 0 Å². The second-order valence-corrected chi connectivity index (χ2v) is 8.57. The van der Waals surface area contributed by atoms with Crippen LogP contribution in [0.25, 0.3) is 5.57 Å². The second kappa shape index (κ2) is 9.15. The van der Waals surface area contributed by atoms with Crippen LogP contribution in [-0.2, 0) is 25.4 Å². The van der Waals surface area contributed by atoms with E-state index >= 15 is 0 Å². The van der Waals surface area contributed by atoms with Crippen molar-refractivity contribution < 1.29 is 17.7 Å². The van der Waals surface area contributed by atoms with Crippen molar-refractivity contribution in [2.45, 2.75) is 57.5 Å². The Morgan fingerprint density at radius 1 is 1.10 bits per heavy atom. The Labute approximate surface area is 179 Å². The van der Waals surface area contributed by atoms with Crippen LogP contribution in [0.2, 0.25) is 5.02 Å². The van der Waals surface area contributed by atoms with Crippen molar-refractivity contribution in [2.75, 3.05) is 19.6 Å². The van der Waals surface area contributed by atoms with Crippen LogP contribution in [0.4, 0.5) is 13.2 Å². The van der Waals surface area contributed by atoms with Crippen LogP contribution in [0.3, 0.4) is 0 Å². The lowest BCUT2D eigenvalue weighted by Crippen LogP contribution is -2.29. The van der Waals surface area contributed by atoms with E-state index in [2.05, 4.69) is 10.1 Å². The van der Waals surface area contributed by atoms with E-state index in [1.54, 1.807) is 6.07 Å². The second-order valence-electron chi connectivity index (χ2n) is 8.17. The fraction of sp³-hybridized carbons (Fsp3) is 0.522. The highest BCUT2D eigenvalue weighted by Crippen LogP contribution is 2.37. The molecule has 0 bridgehead atoms. The Kier molecular flexibility index (Phi) is 6.54. The number of nitrogens with zero attached hydrogens (tertiary/aromatic N) is 2. The number of fused-ring (bicyclic) bond motifs is 1. The lowest BCUT2D eigenvalue weighted by Gasteiger charge is -2.26. The van der Waals surface area contributed by atoms with Gasteiger partial charge in [-0.3, -0.25) is 4.90 Å². The van der Waals surface area contributed by atoms with Crippen molar-refractivity contribution in [1.82, 2.24) is 10.1 Å². The third-order valence-electron chi connectivity index (χ3n) is 6.11. The summed E-state index contributed by atoms with van der Waals surface area (Å²) in [6.07, 6.45) is 5.98. The maximum atomic E-state index is 13.1. The van der Waals surface area contributed by atoms with Crippen molar-refractivity contribution in [1.29, 1.82) is 0 Å². The SMILES string of the molecule is FC(F)(F)c1cc(C2=CCN(CCCc3onc4c3CCCCC4)CC2)ccc1Cl. The van der Waals surface area contributed by atoms with E-state index in [0.29, 0.717) is 5.56 Å². The fourth-order valence-electron chi connectivity index (χ4n) is 4.41. The van der Waals surface area contributed by atoms with Crippen LogP contribution >= 0.6 is 11.6 Å².